The first-order chi connectivity index (χ1) is 10.9. The number of aliphatic imine (C=N–C) groups is 1. The molecule has 0 aliphatic carbocycles. The molecule has 0 atom stereocenters. The van der Waals surface area contributed by atoms with Crippen molar-refractivity contribution < 1.29 is 0 Å². The molecule has 22 heavy (non-hydrogen) atoms. The highest BCUT2D eigenvalue weighted by atomic mass is 15.2. The van der Waals surface area contributed by atoms with Crippen LogP contribution in [0.25, 0.3) is 0 Å². The third kappa shape index (κ3) is 6.43. The number of nitrogens with one attached hydrogen (secondary N) is 2. The number of nitrogens with zero attached hydrogens (tertiary/aromatic N) is 3. The number of rotatable bonds is 8. The number of aromatic nitrogens is 1. The molecule has 0 bridgehead atoms. The first-order valence-corrected chi connectivity index (χ1v) is 8.53. The van der Waals surface area contributed by atoms with Crippen LogP contribution in [0.1, 0.15) is 31.9 Å². The minimum atomic E-state index is 0.856. The molecule has 122 valence electrons. The van der Waals surface area contributed by atoms with Gasteiger partial charge in [0, 0.05) is 37.9 Å². The van der Waals surface area contributed by atoms with Crippen LogP contribution in [-0.2, 0) is 6.42 Å². The molecule has 2 rings (SSSR count). The minimum Gasteiger partial charge on any atom is -0.357 e. The fourth-order valence-electron chi connectivity index (χ4n) is 2.69. The quantitative estimate of drug-likeness (QED) is 0.436. The zero-order chi connectivity index (χ0) is 15.5. The third-order valence-corrected chi connectivity index (χ3v) is 3.85. The summed E-state index contributed by atoms with van der Waals surface area (Å²) >= 11 is 0. The molecular formula is C17H29N5. The van der Waals surface area contributed by atoms with Gasteiger partial charge >= 0.3 is 0 Å². The van der Waals surface area contributed by atoms with Gasteiger partial charge in [0.25, 0.3) is 0 Å². The summed E-state index contributed by atoms with van der Waals surface area (Å²) in [6.45, 7) is 8.45. The highest BCUT2D eigenvalue weighted by molar-refractivity contribution is 5.79. The Bertz CT molecular complexity index is 426. The van der Waals surface area contributed by atoms with Crippen LogP contribution in [0.2, 0.25) is 0 Å². The summed E-state index contributed by atoms with van der Waals surface area (Å²) in [5, 5.41) is 6.69. The van der Waals surface area contributed by atoms with Crippen molar-refractivity contribution >= 4 is 5.96 Å². The van der Waals surface area contributed by atoms with E-state index in [1.54, 1.807) is 0 Å². The maximum atomic E-state index is 4.65. The topological polar surface area (TPSA) is 52.6 Å². The van der Waals surface area contributed by atoms with E-state index in [9.17, 15) is 0 Å². The van der Waals surface area contributed by atoms with Crippen molar-refractivity contribution in [2.75, 3.05) is 39.3 Å². The minimum absolute atomic E-state index is 0.856. The Kier molecular flexibility index (Phi) is 7.74. The number of guanidine groups is 1. The van der Waals surface area contributed by atoms with E-state index >= 15 is 0 Å². The zero-order valence-electron chi connectivity index (χ0n) is 13.7. The molecule has 1 aliphatic heterocycles. The van der Waals surface area contributed by atoms with E-state index in [1.165, 1.54) is 32.5 Å². The monoisotopic (exact) mass is 303 g/mol. The summed E-state index contributed by atoms with van der Waals surface area (Å²) in [7, 11) is 0. The van der Waals surface area contributed by atoms with Crippen molar-refractivity contribution in [3.05, 3.63) is 30.1 Å². The van der Waals surface area contributed by atoms with Gasteiger partial charge in [-0.3, -0.25) is 9.98 Å². The first kappa shape index (κ1) is 16.7. The molecule has 0 amide bonds. The molecule has 0 unspecified atom stereocenters. The van der Waals surface area contributed by atoms with Crippen LogP contribution in [0.4, 0.5) is 0 Å². The molecule has 5 nitrogen and oxygen atoms in total. The van der Waals surface area contributed by atoms with Crippen LogP contribution in [0.15, 0.2) is 29.4 Å². The van der Waals surface area contributed by atoms with Crippen LogP contribution >= 0.6 is 0 Å². The fraction of sp³-hybridized carbons (Fsp3) is 0.647. The van der Waals surface area contributed by atoms with Crippen LogP contribution in [0, 0.1) is 0 Å². The van der Waals surface area contributed by atoms with Gasteiger partial charge in [-0.2, -0.15) is 0 Å². The second kappa shape index (κ2) is 10.2. The van der Waals surface area contributed by atoms with E-state index in [2.05, 4.69) is 38.5 Å². The lowest BCUT2D eigenvalue weighted by Gasteiger charge is -2.14. The predicted octanol–water partition coefficient (Wildman–Crippen LogP) is 1.67. The highest BCUT2D eigenvalue weighted by Gasteiger charge is 2.09. The molecule has 2 heterocycles. The highest BCUT2D eigenvalue weighted by Crippen LogP contribution is 2.07. The second-order valence-corrected chi connectivity index (χ2v) is 5.66. The molecule has 1 saturated heterocycles. The van der Waals surface area contributed by atoms with Crippen molar-refractivity contribution in [1.82, 2.24) is 20.5 Å². The summed E-state index contributed by atoms with van der Waals surface area (Å²) in [5.41, 5.74) is 1.11. The molecule has 0 aromatic carbocycles. The Hall–Kier alpha value is -1.62. The third-order valence-electron chi connectivity index (χ3n) is 3.85. The van der Waals surface area contributed by atoms with E-state index in [1.807, 2.05) is 18.3 Å². The molecule has 2 N–H and O–H groups in total. The Morgan fingerprint density at radius 3 is 2.86 bits per heavy atom. The summed E-state index contributed by atoms with van der Waals surface area (Å²) in [4.78, 5) is 11.5. The maximum absolute atomic E-state index is 4.65. The van der Waals surface area contributed by atoms with Crippen LogP contribution in [-0.4, -0.2) is 55.1 Å². The zero-order valence-corrected chi connectivity index (χ0v) is 13.7. The van der Waals surface area contributed by atoms with Crippen LogP contribution in [0.3, 0.4) is 0 Å². The molecule has 1 aromatic rings. The van der Waals surface area contributed by atoms with E-state index in [0.29, 0.717) is 0 Å². The van der Waals surface area contributed by atoms with Crippen LogP contribution < -0.4 is 10.6 Å². The molecule has 5 heteroatoms. The van der Waals surface area contributed by atoms with Gasteiger partial charge in [0.15, 0.2) is 5.96 Å². The second-order valence-electron chi connectivity index (χ2n) is 5.66. The Balaban J connectivity index is 1.65. The van der Waals surface area contributed by atoms with E-state index in [0.717, 1.165) is 44.1 Å². The number of hydrogen-bond donors (Lipinski definition) is 2. The SMILES string of the molecule is CCNC(=NCCCN1CCCC1)NCCc1ccccn1. The first-order valence-electron chi connectivity index (χ1n) is 8.53. The number of pyridine rings is 1. The van der Waals surface area contributed by atoms with Crippen molar-refractivity contribution in [1.29, 1.82) is 0 Å². The van der Waals surface area contributed by atoms with Crippen molar-refractivity contribution in [3.8, 4) is 0 Å². The summed E-state index contributed by atoms with van der Waals surface area (Å²) in [6, 6.07) is 6.03. The van der Waals surface area contributed by atoms with Gasteiger partial charge in [-0.25, -0.2) is 0 Å². The molecule has 0 spiro atoms. The summed E-state index contributed by atoms with van der Waals surface area (Å²) in [6.07, 6.45) is 6.62. The van der Waals surface area contributed by atoms with Gasteiger partial charge in [0.1, 0.15) is 0 Å². The average Bonchev–Trinajstić information content (AvgIpc) is 3.06. The Morgan fingerprint density at radius 1 is 1.27 bits per heavy atom. The molecule has 0 saturated carbocycles. The fourth-order valence-corrected chi connectivity index (χ4v) is 2.69. The smallest absolute Gasteiger partial charge is 0.191 e. The van der Waals surface area contributed by atoms with Crippen molar-refractivity contribution in [2.24, 2.45) is 4.99 Å². The van der Waals surface area contributed by atoms with Crippen molar-refractivity contribution in [3.63, 3.8) is 0 Å². The maximum Gasteiger partial charge on any atom is 0.191 e. The lowest BCUT2D eigenvalue weighted by atomic mass is 10.3. The largest absolute Gasteiger partial charge is 0.357 e. The van der Waals surface area contributed by atoms with Gasteiger partial charge in [-0.05, 0) is 58.0 Å². The Morgan fingerprint density at radius 2 is 2.14 bits per heavy atom. The van der Waals surface area contributed by atoms with Crippen LogP contribution in [0.5, 0.6) is 0 Å². The summed E-state index contributed by atoms with van der Waals surface area (Å²) in [5.74, 6) is 0.917. The van der Waals surface area contributed by atoms with E-state index in [-0.39, 0.29) is 0 Å². The van der Waals surface area contributed by atoms with Gasteiger partial charge in [0.05, 0.1) is 0 Å². The van der Waals surface area contributed by atoms with Gasteiger partial charge in [-0.1, -0.05) is 6.07 Å². The average molecular weight is 303 g/mol. The Labute approximate surface area is 134 Å². The molecule has 1 fully saturated rings. The standard InChI is InChI=1S/C17H29N5/c1-2-18-17(20-11-7-15-22-13-5-6-14-22)21-12-9-16-8-3-4-10-19-16/h3-4,8,10H,2,5-7,9,11-15H2,1H3,(H2,18,20,21). The van der Waals surface area contributed by atoms with Gasteiger partial charge in [-0.15, -0.1) is 0 Å². The molecule has 1 aliphatic rings. The molecule has 0 radical (unpaired) electrons. The van der Waals surface area contributed by atoms with Crippen molar-refractivity contribution in [2.45, 2.75) is 32.6 Å². The molecular weight excluding hydrogens is 274 g/mol. The van der Waals surface area contributed by atoms with E-state index < -0.39 is 0 Å². The van der Waals surface area contributed by atoms with Gasteiger partial charge < -0.3 is 15.5 Å². The summed E-state index contributed by atoms with van der Waals surface area (Å²) < 4.78 is 0. The lowest BCUT2D eigenvalue weighted by molar-refractivity contribution is 0.336. The number of hydrogen-bond acceptors (Lipinski definition) is 3. The predicted molar refractivity (Wildman–Crippen MR) is 92.2 cm³/mol. The normalized spacial score (nSPS) is 16.0. The number of likely N-dealkylation sites (tertiary alicyclic amines) is 1. The van der Waals surface area contributed by atoms with Gasteiger partial charge in [0.2, 0.25) is 0 Å². The molecule has 1 aromatic heterocycles. The van der Waals surface area contributed by atoms with E-state index in [4.69, 9.17) is 0 Å². The lowest BCUT2D eigenvalue weighted by Crippen LogP contribution is -2.38.